The van der Waals surface area contributed by atoms with E-state index < -0.39 is 5.97 Å². The van der Waals surface area contributed by atoms with Crippen molar-refractivity contribution in [1.29, 1.82) is 0 Å². The fourth-order valence-corrected chi connectivity index (χ4v) is 9.97. The van der Waals surface area contributed by atoms with Gasteiger partial charge in [-0.3, -0.25) is 9.59 Å². The molecule has 0 saturated heterocycles. The molecular weight excluding hydrogens is 400 g/mol. The highest BCUT2D eigenvalue weighted by molar-refractivity contribution is 5.95. The zero-order chi connectivity index (χ0) is 23.3. The molecule has 5 rings (SSSR count). The second kappa shape index (κ2) is 6.93. The molecule has 0 aliphatic heterocycles. The number of carboxylic acid groups (broad SMARTS) is 1. The average Bonchev–Trinajstić information content (AvgIpc) is 2.69. The minimum atomic E-state index is -0.669. The first-order chi connectivity index (χ1) is 14.8. The summed E-state index contributed by atoms with van der Waals surface area (Å²) in [6.45, 7) is 11.5. The lowest BCUT2D eigenvalue weighted by Crippen LogP contribution is -2.63. The van der Waals surface area contributed by atoms with Crippen molar-refractivity contribution in [3.05, 3.63) is 11.6 Å². The van der Waals surface area contributed by atoms with Gasteiger partial charge in [0, 0.05) is 5.92 Å². The predicted octanol–water partition coefficient (Wildman–Crippen LogP) is 5.63. The molecule has 4 nitrogen and oxygen atoms in total. The Kier molecular flexibility index (Phi) is 4.90. The highest BCUT2D eigenvalue weighted by atomic mass is 16.4. The van der Waals surface area contributed by atoms with Gasteiger partial charge in [-0.2, -0.15) is 0 Å². The average molecular weight is 443 g/mol. The van der Waals surface area contributed by atoms with Crippen molar-refractivity contribution < 1.29 is 19.8 Å². The van der Waals surface area contributed by atoms with Crippen LogP contribution in [0.3, 0.4) is 0 Å². The van der Waals surface area contributed by atoms with Crippen molar-refractivity contribution in [2.24, 2.45) is 51.2 Å². The quantitative estimate of drug-likeness (QED) is 0.552. The number of hydrogen-bond acceptors (Lipinski definition) is 3. The van der Waals surface area contributed by atoms with Crippen molar-refractivity contribution >= 4 is 11.8 Å². The van der Waals surface area contributed by atoms with Gasteiger partial charge in [0.2, 0.25) is 0 Å². The van der Waals surface area contributed by atoms with Crippen LogP contribution in [0.15, 0.2) is 11.6 Å². The number of aliphatic hydroxyl groups is 1. The number of carbonyl (C=O) groups excluding carboxylic acids is 1. The van der Waals surface area contributed by atoms with Crippen LogP contribution in [0.2, 0.25) is 0 Å². The van der Waals surface area contributed by atoms with Gasteiger partial charge in [-0.25, -0.2) is 0 Å². The van der Waals surface area contributed by atoms with E-state index in [9.17, 15) is 19.8 Å². The molecule has 0 aromatic rings. The molecule has 0 amide bonds. The van der Waals surface area contributed by atoms with Gasteiger partial charge >= 0.3 is 5.97 Å². The van der Waals surface area contributed by atoms with E-state index in [0.717, 1.165) is 51.4 Å². The van der Waals surface area contributed by atoms with Crippen molar-refractivity contribution in [1.82, 2.24) is 0 Å². The second-order valence-corrected chi connectivity index (χ2v) is 13.6. The number of hydrogen-bond donors (Lipinski definition) is 2. The number of allylic oxidation sites excluding steroid dienone is 2. The predicted molar refractivity (Wildman–Crippen MR) is 124 cm³/mol. The maximum atomic E-state index is 14.0. The molecule has 9 atom stereocenters. The van der Waals surface area contributed by atoms with Gasteiger partial charge in [-0.05, 0) is 103 Å². The molecule has 2 N–H and O–H groups in total. The zero-order valence-corrected chi connectivity index (χ0v) is 20.6. The Morgan fingerprint density at radius 1 is 0.906 bits per heavy atom. The van der Waals surface area contributed by atoms with Gasteiger partial charge < -0.3 is 10.2 Å². The normalized spacial score (nSPS) is 52.1. The van der Waals surface area contributed by atoms with E-state index in [2.05, 4.69) is 34.6 Å². The van der Waals surface area contributed by atoms with E-state index in [1.807, 2.05) is 6.08 Å². The summed E-state index contributed by atoms with van der Waals surface area (Å²) < 4.78 is 0. The summed E-state index contributed by atoms with van der Waals surface area (Å²) in [7, 11) is 0. The third-order valence-corrected chi connectivity index (χ3v) is 11.8. The minimum absolute atomic E-state index is 0.0116. The number of carbonyl (C=O) groups is 2. The van der Waals surface area contributed by atoms with Crippen LogP contribution in [0, 0.1) is 51.2 Å². The molecule has 0 spiro atoms. The van der Waals surface area contributed by atoms with Crippen LogP contribution in [0.25, 0.3) is 0 Å². The van der Waals surface area contributed by atoms with Crippen molar-refractivity contribution in [2.45, 2.75) is 98.5 Å². The molecule has 4 heteroatoms. The topological polar surface area (TPSA) is 74.6 Å². The van der Waals surface area contributed by atoms with Crippen molar-refractivity contribution in [3.8, 4) is 0 Å². The molecule has 9 unspecified atom stereocenters. The van der Waals surface area contributed by atoms with E-state index in [1.54, 1.807) is 0 Å². The molecule has 5 aliphatic rings. The zero-order valence-electron chi connectivity index (χ0n) is 20.6. The van der Waals surface area contributed by atoms with E-state index in [4.69, 9.17) is 0 Å². The van der Waals surface area contributed by atoms with Gasteiger partial charge in [0.05, 0.1) is 12.0 Å². The molecule has 4 saturated carbocycles. The van der Waals surface area contributed by atoms with Gasteiger partial charge in [0.1, 0.15) is 0 Å². The van der Waals surface area contributed by atoms with Gasteiger partial charge in [0.15, 0.2) is 5.78 Å². The van der Waals surface area contributed by atoms with Crippen molar-refractivity contribution in [2.75, 3.05) is 0 Å². The lowest BCUT2D eigenvalue weighted by molar-refractivity contribution is -0.188. The summed E-state index contributed by atoms with van der Waals surface area (Å²) in [4.78, 5) is 25.8. The number of fused-ring (bicyclic) bond motifs is 7. The molecule has 178 valence electrons. The summed E-state index contributed by atoms with van der Waals surface area (Å²) >= 11 is 0. The lowest BCUT2D eigenvalue weighted by Gasteiger charge is -2.67. The highest BCUT2D eigenvalue weighted by Crippen LogP contribution is 2.70. The second-order valence-electron chi connectivity index (χ2n) is 13.6. The molecule has 32 heavy (non-hydrogen) atoms. The van der Waals surface area contributed by atoms with Crippen LogP contribution in [-0.2, 0) is 9.59 Å². The Bertz CT molecular complexity index is 873. The molecule has 0 aromatic heterocycles. The van der Waals surface area contributed by atoms with E-state index in [-0.39, 0.29) is 45.5 Å². The number of rotatable bonds is 1. The molecule has 0 aromatic carbocycles. The Balaban J connectivity index is 1.56. The maximum Gasteiger partial charge on any atom is 0.306 e. The monoisotopic (exact) mass is 442 g/mol. The summed E-state index contributed by atoms with van der Waals surface area (Å²) in [5.74, 6) is 0.337. The molecule has 4 fully saturated rings. The van der Waals surface area contributed by atoms with E-state index in [0.29, 0.717) is 24.0 Å². The van der Waals surface area contributed by atoms with Crippen LogP contribution < -0.4 is 0 Å². The minimum Gasteiger partial charge on any atom is -0.481 e. The summed E-state index contributed by atoms with van der Waals surface area (Å²) in [5, 5.41) is 20.5. The van der Waals surface area contributed by atoms with Gasteiger partial charge in [-0.1, -0.05) is 40.2 Å². The van der Waals surface area contributed by atoms with Crippen LogP contribution in [0.4, 0.5) is 0 Å². The number of ketones is 1. The standard InChI is InChI=1S/C28H42O4/c1-25(2)21-8-12-27(4)18-7-11-26(3)10-6-16(24(31)32)14-19(26)17(18)15-20(29)23(27)28(21,5)13-9-22(25)30/h15-16,18-19,21-23,30H,6-14H2,1-5H3,(H,31,32). The Morgan fingerprint density at radius 2 is 1.56 bits per heavy atom. The molecular formula is C28H42O4. The number of aliphatic hydroxyl groups excluding tert-OH is 1. The summed E-state index contributed by atoms with van der Waals surface area (Å²) in [6, 6.07) is 0. The first kappa shape index (κ1) is 22.6. The van der Waals surface area contributed by atoms with Crippen LogP contribution in [-0.4, -0.2) is 28.1 Å². The SMILES string of the molecule is CC12CCC(C(=O)O)CC1C1=CC(=O)C3C(C)(CCC4C(C)(C)C(O)CCC43C)C1CC2. The fraction of sp³-hybridized carbons (Fsp3) is 0.857. The molecule has 0 bridgehead atoms. The Hall–Kier alpha value is -1.16. The summed E-state index contributed by atoms with van der Waals surface area (Å²) in [5.41, 5.74) is 1.14. The van der Waals surface area contributed by atoms with Gasteiger partial charge in [0.25, 0.3) is 0 Å². The molecule has 0 heterocycles. The highest BCUT2D eigenvalue weighted by Gasteiger charge is 2.66. The van der Waals surface area contributed by atoms with Crippen LogP contribution in [0.1, 0.15) is 92.4 Å². The first-order valence-corrected chi connectivity index (χ1v) is 13.0. The number of carboxylic acids is 1. The molecule has 0 radical (unpaired) electrons. The third-order valence-electron chi connectivity index (χ3n) is 11.8. The van der Waals surface area contributed by atoms with Crippen LogP contribution in [0.5, 0.6) is 0 Å². The molecule has 5 aliphatic carbocycles. The largest absolute Gasteiger partial charge is 0.481 e. The van der Waals surface area contributed by atoms with E-state index >= 15 is 0 Å². The number of aliphatic carboxylic acids is 1. The van der Waals surface area contributed by atoms with Crippen LogP contribution >= 0.6 is 0 Å². The first-order valence-electron chi connectivity index (χ1n) is 13.0. The Morgan fingerprint density at radius 3 is 2.25 bits per heavy atom. The fourth-order valence-electron chi connectivity index (χ4n) is 9.97. The lowest BCUT2D eigenvalue weighted by atomic mass is 9.37. The summed E-state index contributed by atoms with van der Waals surface area (Å²) in [6.07, 6.45) is 10.2. The smallest absolute Gasteiger partial charge is 0.306 e. The third kappa shape index (κ3) is 2.83. The van der Waals surface area contributed by atoms with E-state index in [1.165, 1.54) is 5.57 Å². The van der Waals surface area contributed by atoms with Crippen molar-refractivity contribution in [3.63, 3.8) is 0 Å². The maximum absolute atomic E-state index is 14.0. The Labute approximate surface area is 193 Å². The van der Waals surface area contributed by atoms with Gasteiger partial charge in [-0.15, -0.1) is 0 Å².